The fourth-order valence-electron chi connectivity index (χ4n) is 3.26. The molecule has 2 atom stereocenters. The van der Waals surface area contributed by atoms with Crippen LogP contribution in [0.3, 0.4) is 0 Å². The number of likely N-dealkylation sites (tertiary alicyclic amines) is 1. The van der Waals surface area contributed by atoms with E-state index in [1.807, 2.05) is 42.2 Å². The lowest BCUT2D eigenvalue weighted by Crippen LogP contribution is -2.29. The monoisotopic (exact) mass is 328 g/mol. The van der Waals surface area contributed by atoms with Crippen molar-refractivity contribution in [2.45, 2.75) is 12.8 Å². The molecule has 0 bridgehead atoms. The normalized spacial score (nSPS) is 20.7. The number of hydrogen-bond acceptors (Lipinski definition) is 2. The summed E-state index contributed by atoms with van der Waals surface area (Å²) in [5.41, 5.74) is 8.82. The van der Waals surface area contributed by atoms with Gasteiger partial charge in [-0.15, -0.1) is 0 Å². The van der Waals surface area contributed by atoms with Gasteiger partial charge < -0.3 is 10.6 Å². The van der Waals surface area contributed by atoms with Crippen molar-refractivity contribution in [2.24, 2.45) is 11.7 Å². The highest BCUT2D eigenvalue weighted by molar-refractivity contribution is 6.31. The quantitative estimate of drug-likeness (QED) is 0.937. The second kappa shape index (κ2) is 6.73. The van der Waals surface area contributed by atoms with Gasteiger partial charge in [-0.25, -0.2) is 0 Å². The van der Waals surface area contributed by atoms with Gasteiger partial charge in [0.25, 0.3) is 5.91 Å². The van der Waals surface area contributed by atoms with Crippen LogP contribution in [-0.2, 0) is 0 Å². The Hall–Kier alpha value is -1.84. The van der Waals surface area contributed by atoms with Crippen molar-refractivity contribution in [3.8, 4) is 0 Å². The van der Waals surface area contributed by atoms with Crippen molar-refractivity contribution in [1.29, 1.82) is 0 Å². The predicted molar refractivity (Wildman–Crippen MR) is 93.8 cm³/mol. The Kier molecular flexibility index (Phi) is 4.69. The Labute approximate surface area is 142 Å². The summed E-state index contributed by atoms with van der Waals surface area (Å²) in [6, 6.07) is 15.8. The van der Waals surface area contributed by atoms with Crippen molar-refractivity contribution in [3.63, 3.8) is 0 Å². The number of rotatable bonds is 3. The third-order valence-electron chi connectivity index (χ3n) is 4.68. The molecule has 2 aromatic rings. The largest absolute Gasteiger partial charge is 0.338 e. The minimum absolute atomic E-state index is 0.0313. The first-order valence-corrected chi connectivity index (χ1v) is 8.28. The van der Waals surface area contributed by atoms with Crippen LogP contribution in [0.2, 0.25) is 5.02 Å². The second-order valence-electron chi connectivity index (χ2n) is 6.19. The SMILES string of the molecule is Cc1ccc(C(=O)N2C[C@@H](CN)[C@H](c3ccccc3)C2)cc1Cl. The Bertz CT molecular complexity index is 702. The third-order valence-corrected chi connectivity index (χ3v) is 5.08. The molecule has 1 fully saturated rings. The van der Waals surface area contributed by atoms with Crippen LogP contribution in [0.1, 0.15) is 27.4 Å². The van der Waals surface area contributed by atoms with E-state index in [0.717, 1.165) is 5.56 Å². The molecule has 1 amide bonds. The summed E-state index contributed by atoms with van der Waals surface area (Å²) in [5.74, 6) is 0.622. The van der Waals surface area contributed by atoms with E-state index in [2.05, 4.69) is 12.1 Å². The highest BCUT2D eigenvalue weighted by Crippen LogP contribution is 2.33. The highest BCUT2D eigenvalue weighted by Gasteiger charge is 2.35. The fourth-order valence-corrected chi connectivity index (χ4v) is 3.44. The first-order valence-electron chi connectivity index (χ1n) is 7.90. The second-order valence-corrected chi connectivity index (χ2v) is 6.59. The number of halogens is 1. The van der Waals surface area contributed by atoms with Gasteiger partial charge >= 0.3 is 0 Å². The van der Waals surface area contributed by atoms with E-state index in [-0.39, 0.29) is 5.91 Å². The lowest BCUT2D eigenvalue weighted by molar-refractivity contribution is 0.0786. The summed E-state index contributed by atoms with van der Waals surface area (Å²) >= 11 is 6.15. The van der Waals surface area contributed by atoms with Crippen LogP contribution in [0.25, 0.3) is 0 Å². The molecule has 1 aliphatic rings. The van der Waals surface area contributed by atoms with E-state index >= 15 is 0 Å². The summed E-state index contributed by atoms with van der Waals surface area (Å²) < 4.78 is 0. The van der Waals surface area contributed by atoms with Gasteiger partial charge in [0.05, 0.1) is 0 Å². The number of benzene rings is 2. The average Bonchev–Trinajstić information content (AvgIpc) is 3.02. The molecule has 2 aromatic carbocycles. The van der Waals surface area contributed by atoms with E-state index < -0.39 is 0 Å². The maximum atomic E-state index is 12.8. The molecule has 0 radical (unpaired) electrons. The molecular weight excluding hydrogens is 308 g/mol. The minimum Gasteiger partial charge on any atom is -0.338 e. The van der Waals surface area contributed by atoms with Gasteiger partial charge in [-0.05, 0) is 42.6 Å². The molecule has 1 saturated heterocycles. The number of nitrogens with zero attached hydrogens (tertiary/aromatic N) is 1. The van der Waals surface area contributed by atoms with Crippen molar-refractivity contribution in [2.75, 3.05) is 19.6 Å². The van der Waals surface area contributed by atoms with Gasteiger partial charge in [0, 0.05) is 29.6 Å². The topological polar surface area (TPSA) is 46.3 Å². The zero-order chi connectivity index (χ0) is 16.4. The molecule has 23 heavy (non-hydrogen) atoms. The Balaban J connectivity index is 1.81. The van der Waals surface area contributed by atoms with E-state index in [1.165, 1.54) is 5.56 Å². The molecule has 0 aromatic heterocycles. The van der Waals surface area contributed by atoms with Crippen LogP contribution >= 0.6 is 11.6 Å². The summed E-state index contributed by atoms with van der Waals surface area (Å²) in [6.07, 6.45) is 0. The average molecular weight is 329 g/mol. The molecule has 120 valence electrons. The molecule has 3 rings (SSSR count). The molecule has 0 aliphatic carbocycles. The number of amides is 1. The van der Waals surface area contributed by atoms with Crippen molar-refractivity contribution in [3.05, 3.63) is 70.2 Å². The molecule has 0 spiro atoms. The van der Waals surface area contributed by atoms with Crippen LogP contribution in [-0.4, -0.2) is 30.4 Å². The first-order chi connectivity index (χ1) is 11.1. The number of carbonyl (C=O) groups is 1. The Morgan fingerprint density at radius 1 is 1.22 bits per heavy atom. The zero-order valence-corrected chi connectivity index (χ0v) is 14.0. The first kappa shape index (κ1) is 16.0. The van der Waals surface area contributed by atoms with E-state index in [0.29, 0.717) is 42.1 Å². The molecular formula is C19H21ClN2O. The van der Waals surface area contributed by atoms with Gasteiger partial charge in [-0.1, -0.05) is 48.0 Å². The van der Waals surface area contributed by atoms with Crippen molar-refractivity contribution < 1.29 is 4.79 Å². The van der Waals surface area contributed by atoms with Crippen LogP contribution in [0.5, 0.6) is 0 Å². The molecule has 3 nitrogen and oxygen atoms in total. The number of hydrogen-bond donors (Lipinski definition) is 1. The summed E-state index contributed by atoms with van der Waals surface area (Å²) in [4.78, 5) is 14.7. The predicted octanol–water partition coefficient (Wildman–Crippen LogP) is 3.46. The van der Waals surface area contributed by atoms with E-state index in [9.17, 15) is 4.79 Å². The third kappa shape index (κ3) is 3.26. The van der Waals surface area contributed by atoms with Crippen LogP contribution in [0.4, 0.5) is 0 Å². The maximum Gasteiger partial charge on any atom is 0.253 e. The summed E-state index contributed by atoms with van der Waals surface area (Å²) in [7, 11) is 0. The fraction of sp³-hybridized carbons (Fsp3) is 0.316. The smallest absolute Gasteiger partial charge is 0.253 e. The molecule has 0 unspecified atom stereocenters. The van der Waals surface area contributed by atoms with E-state index in [4.69, 9.17) is 17.3 Å². The lowest BCUT2D eigenvalue weighted by atomic mass is 9.89. The number of carbonyl (C=O) groups excluding carboxylic acids is 1. The van der Waals surface area contributed by atoms with Crippen LogP contribution in [0, 0.1) is 12.8 Å². The molecule has 0 saturated carbocycles. The van der Waals surface area contributed by atoms with Gasteiger partial charge in [0.15, 0.2) is 0 Å². The standard InChI is InChI=1S/C19H21ClN2O/c1-13-7-8-15(9-18(13)20)19(23)22-11-16(10-21)17(12-22)14-5-3-2-4-6-14/h2-9,16-17H,10-12,21H2,1H3/t16-,17+/m1/s1. The van der Waals surface area contributed by atoms with Gasteiger partial charge in [0.1, 0.15) is 0 Å². The highest BCUT2D eigenvalue weighted by atomic mass is 35.5. The zero-order valence-electron chi connectivity index (χ0n) is 13.2. The van der Waals surface area contributed by atoms with Crippen LogP contribution in [0.15, 0.2) is 48.5 Å². The van der Waals surface area contributed by atoms with Gasteiger partial charge in [-0.3, -0.25) is 4.79 Å². The Morgan fingerprint density at radius 3 is 2.61 bits per heavy atom. The molecule has 2 N–H and O–H groups in total. The van der Waals surface area contributed by atoms with Crippen LogP contribution < -0.4 is 5.73 Å². The lowest BCUT2D eigenvalue weighted by Gasteiger charge is -2.17. The number of aryl methyl sites for hydroxylation is 1. The number of nitrogens with two attached hydrogens (primary N) is 1. The maximum absolute atomic E-state index is 12.8. The summed E-state index contributed by atoms with van der Waals surface area (Å²) in [5, 5.41) is 0.630. The minimum atomic E-state index is 0.0313. The van der Waals surface area contributed by atoms with E-state index in [1.54, 1.807) is 6.07 Å². The van der Waals surface area contributed by atoms with Gasteiger partial charge in [0.2, 0.25) is 0 Å². The van der Waals surface area contributed by atoms with Gasteiger partial charge in [-0.2, -0.15) is 0 Å². The molecule has 1 aliphatic heterocycles. The Morgan fingerprint density at radius 2 is 1.96 bits per heavy atom. The van der Waals surface area contributed by atoms with Crippen molar-refractivity contribution in [1.82, 2.24) is 4.90 Å². The molecule has 1 heterocycles. The molecule has 4 heteroatoms. The van der Waals surface area contributed by atoms with Crippen molar-refractivity contribution >= 4 is 17.5 Å². The summed E-state index contributed by atoms with van der Waals surface area (Å²) in [6.45, 7) is 3.91.